The van der Waals surface area contributed by atoms with Gasteiger partial charge in [-0.25, -0.2) is 4.68 Å². The van der Waals surface area contributed by atoms with Crippen LogP contribution in [0, 0.1) is 6.92 Å². The van der Waals surface area contributed by atoms with Crippen molar-refractivity contribution in [2.45, 2.75) is 33.7 Å². The van der Waals surface area contributed by atoms with E-state index in [0.29, 0.717) is 23.0 Å². The molecule has 8 heteroatoms. The number of amides is 1. The second-order valence-electron chi connectivity index (χ2n) is 5.75. The van der Waals surface area contributed by atoms with Crippen LogP contribution in [0.3, 0.4) is 0 Å². The van der Waals surface area contributed by atoms with Crippen LogP contribution in [-0.2, 0) is 19.8 Å². The molecule has 1 aromatic carbocycles. The van der Waals surface area contributed by atoms with Crippen LogP contribution in [0.15, 0.2) is 42.7 Å². The number of rotatable bonds is 7. The average Bonchev–Trinajstić information content (AvgIpc) is 3.26. The number of halogens is 1. The van der Waals surface area contributed by atoms with Crippen LogP contribution in [-0.4, -0.2) is 25.5 Å². The van der Waals surface area contributed by atoms with Crippen LogP contribution >= 0.6 is 11.6 Å². The summed E-state index contributed by atoms with van der Waals surface area (Å²) in [4.78, 5) is 12.3. The molecule has 0 fully saturated rings. The predicted octanol–water partition coefficient (Wildman–Crippen LogP) is 3.03. The lowest BCUT2D eigenvalue weighted by atomic mass is 10.2. The second kappa shape index (κ2) is 8.05. The molecule has 1 amide bonds. The maximum atomic E-state index is 12.3. The first kappa shape index (κ1) is 18.0. The van der Waals surface area contributed by atoms with Crippen molar-refractivity contribution < 1.29 is 9.53 Å². The number of carbonyl (C=O) groups excluding carboxylic acids is 1. The van der Waals surface area contributed by atoms with E-state index in [9.17, 15) is 4.79 Å². The van der Waals surface area contributed by atoms with Crippen molar-refractivity contribution in [2.75, 3.05) is 0 Å². The quantitative estimate of drug-likeness (QED) is 0.690. The van der Waals surface area contributed by atoms with E-state index in [0.717, 1.165) is 17.8 Å². The molecule has 0 spiro atoms. The van der Waals surface area contributed by atoms with Crippen molar-refractivity contribution in [3.8, 4) is 5.75 Å². The number of nitrogens with one attached hydrogen (secondary N) is 1. The summed E-state index contributed by atoms with van der Waals surface area (Å²) in [5.41, 5.74) is 2.24. The molecular weight excluding hydrogens is 354 g/mol. The molecule has 2 heterocycles. The second-order valence-corrected chi connectivity index (χ2v) is 6.18. The third-order valence-corrected chi connectivity index (χ3v) is 4.11. The summed E-state index contributed by atoms with van der Waals surface area (Å²) in [5, 5.41) is 12.1. The minimum absolute atomic E-state index is 0.206. The van der Waals surface area contributed by atoms with Crippen molar-refractivity contribution in [3.63, 3.8) is 0 Å². The van der Waals surface area contributed by atoms with Crippen molar-refractivity contribution in [2.24, 2.45) is 0 Å². The third kappa shape index (κ3) is 4.43. The SMILES string of the molecule is CCn1cc(CNC(=O)c2ccn(COc3ccc(Cl)cc3)n2)c(C)n1. The Morgan fingerprint density at radius 2 is 1.96 bits per heavy atom. The Morgan fingerprint density at radius 1 is 1.19 bits per heavy atom. The Hall–Kier alpha value is -2.80. The van der Waals surface area contributed by atoms with Gasteiger partial charge in [0.2, 0.25) is 0 Å². The standard InChI is InChI=1S/C18H20ClN5O2/c1-3-23-11-14(13(2)21-23)10-20-18(25)17-8-9-24(22-17)12-26-16-6-4-15(19)5-7-16/h4-9,11H,3,10,12H2,1-2H3,(H,20,25). The zero-order valence-corrected chi connectivity index (χ0v) is 15.4. The van der Waals surface area contributed by atoms with Crippen LogP contribution < -0.4 is 10.1 Å². The predicted molar refractivity (Wildman–Crippen MR) is 98.1 cm³/mol. The van der Waals surface area contributed by atoms with Gasteiger partial charge in [-0.05, 0) is 44.2 Å². The Morgan fingerprint density at radius 3 is 2.65 bits per heavy atom. The molecule has 0 radical (unpaired) electrons. The van der Waals surface area contributed by atoms with Gasteiger partial charge >= 0.3 is 0 Å². The highest BCUT2D eigenvalue weighted by molar-refractivity contribution is 6.30. The van der Waals surface area contributed by atoms with E-state index in [1.165, 1.54) is 0 Å². The summed E-state index contributed by atoms with van der Waals surface area (Å²) >= 11 is 5.84. The van der Waals surface area contributed by atoms with Crippen molar-refractivity contribution in [3.05, 3.63) is 64.7 Å². The van der Waals surface area contributed by atoms with Crippen LogP contribution in [0.1, 0.15) is 28.7 Å². The molecule has 1 N–H and O–H groups in total. The Balaban J connectivity index is 1.53. The number of nitrogens with zero attached hydrogens (tertiary/aromatic N) is 4. The molecule has 0 bridgehead atoms. The van der Waals surface area contributed by atoms with E-state index in [1.54, 1.807) is 41.2 Å². The summed E-state index contributed by atoms with van der Waals surface area (Å²) < 4.78 is 9.01. The summed E-state index contributed by atoms with van der Waals surface area (Å²) in [7, 11) is 0. The molecule has 0 atom stereocenters. The van der Waals surface area contributed by atoms with Gasteiger partial charge in [-0.2, -0.15) is 10.2 Å². The molecule has 0 saturated carbocycles. The molecule has 3 rings (SSSR count). The normalized spacial score (nSPS) is 10.7. The highest BCUT2D eigenvalue weighted by Gasteiger charge is 2.11. The minimum atomic E-state index is -0.237. The minimum Gasteiger partial charge on any atom is -0.471 e. The molecule has 0 saturated heterocycles. The van der Waals surface area contributed by atoms with Crippen LogP contribution in [0.2, 0.25) is 5.02 Å². The fraction of sp³-hybridized carbons (Fsp3) is 0.278. The first-order chi connectivity index (χ1) is 12.5. The fourth-order valence-electron chi connectivity index (χ4n) is 2.39. The topological polar surface area (TPSA) is 74.0 Å². The zero-order valence-electron chi connectivity index (χ0n) is 14.6. The molecule has 136 valence electrons. The van der Waals surface area contributed by atoms with Crippen LogP contribution in [0.4, 0.5) is 0 Å². The van der Waals surface area contributed by atoms with E-state index in [2.05, 4.69) is 15.5 Å². The smallest absolute Gasteiger partial charge is 0.272 e. The van der Waals surface area contributed by atoms with Gasteiger partial charge in [0.15, 0.2) is 6.73 Å². The van der Waals surface area contributed by atoms with Gasteiger partial charge in [-0.15, -0.1) is 0 Å². The fourth-order valence-corrected chi connectivity index (χ4v) is 2.51. The summed E-state index contributed by atoms with van der Waals surface area (Å²) in [6, 6.07) is 8.71. The maximum absolute atomic E-state index is 12.3. The molecule has 3 aromatic rings. The van der Waals surface area contributed by atoms with Gasteiger partial charge in [0, 0.05) is 36.1 Å². The summed E-state index contributed by atoms with van der Waals surface area (Å²) in [5.74, 6) is 0.443. The van der Waals surface area contributed by atoms with Crippen molar-refractivity contribution >= 4 is 17.5 Å². The molecule has 0 aliphatic heterocycles. The van der Waals surface area contributed by atoms with Gasteiger partial charge in [0.05, 0.1) is 5.69 Å². The van der Waals surface area contributed by atoms with Gasteiger partial charge in [-0.3, -0.25) is 9.48 Å². The van der Waals surface area contributed by atoms with Gasteiger partial charge in [-0.1, -0.05) is 11.6 Å². The van der Waals surface area contributed by atoms with E-state index in [-0.39, 0.29) is 12.6 Å². The van der Waals surface area contributed by atoms with E-state index in [4.69, 9.17) is 16.3 Å². The Labute approximate surface area is 156 Å². The maximum Gasteiger partial charge on any atom is 0.272 e. The molecule has 2 aromatic heterocycles. The van der Waals surface area contributed by atoms with Crippen LogP contribution in [0.25, 0.3) is 0 Å². The van der Waals surface area contributed by atoms with Gasteiger partial charge in [0.1, 0.15) is 11.4 Å². The van der Waals surface area contributed by atoms with Gasteiger partial charge < -0.3 is 10.1 Å². The van der Waals surface area contributed by atoms with E-state index in [1.807, 2.05) is 24.7 Å². The monoisotopic (exact) mass is 373 g/mol. The lowest BCUT2D eigenvalue weighted by Crippen LogP contribution is -2.23. The molecule has 0 aliphatic carbocycles. The first-order valence-electron chi connectivity index (χ1n) is 8.28. The number of carbonyl (C=O) groups is 1. The highest BCUT2D eigenvalue weighted by atomic mass is 35.5. The molecule has 0 unspecified atom stereocenters. The zero-order chi connectivity index (χ0) is 18.5. The molecule has 7 nitrogen and oxygen atoms in total. The third-order valence-electron chi connectivity index (χ3n) is 3.86. The lowest BCUT2D eigenvalue weighted by molar-refractivity contribution is 0.0944. The van der Waals surface area contributed by atoms with Crippen LogP contribution in [0.5, 0.6) is 5.75 Å². The number of hydrogen-bond donors (Lipinski definition) is 1. The Kier molecular flexibility index (Phi) is 5.58. The van der Waals surface area contributed by atoms with Gasteiger partial charge in [0.25, 0.3) is 5.91 Å². The Bertz CT molecular complexity index is 885. The van der Waals surface area contributed by atoms with Crippen molar-refractivity contribution in [1.29, 1.82) is 0 Å². The first-order valence-corrected chi connectivity index (χ1v) is 8.66. The number of hydrogen-bond acceptors (Lipinski definition) is 4. The number of ether oxygens (including phenoxy) is 1. The molecule has 26 heavy (non-hydrogen) atoms. The van der Waals surface area contributed by atoms with Crippen molar-refractivity contribution in [1.82, 2.24) is 24.9 Å². The summed E-state index contributed by atoms with van der Waals surface area (Å²) in [6.07, 6.45) is 3.64. The lowest BCUT2D eigenvalue weighted by Gasteiger charge is -2.06. The molecule has 0 aliphatic rings. The number of aryl methyl sites for hydroxylation is 2. The number of benzene rings is 1. The van der Waals surface area contributed by atoms with E-state index < -0.39 is 0 Å². The van der Waals surface area contributed by atoms with E-state index >= 15 is 0 Å². The average molecular weight is 374 g/mol. The molecular formula is C18H20ClN5O2. The highest BCUT2D eigenvalue weighted by Crippen LogP contribution is 2.15. The summed E-state index contributed by atoms with van der Waals surface area (Å²) in [6.45, 7) is 5.37. The number of aromatic nitrogens is 4. The largest absolute Gasteiger partial charge is 0.471 e.